The first-order valence-corrected chi connectivity index (χ1v) is 12.7. The lowest BCUT2D eigenvalue weighted by Crippen LogP contribution is -2.25. The quantitative estimate of drug-likeness (QED) is 0.480. The van der Waals surface area contributed by atoms with Crippen LogP contribution in [0.3, 0.4) is 0 Å². The Balaban J connectivity index is 1.36. The third-order valence-corrected chi connectivity index (χ3v) is 7.37. The van der Waals surface area contributed by atoms with Crippen molar-refractivity contribution in [2.45, 2.75) is 31.1 Å². The first kappa shape index (κ1) is 24.7. The molecule has 2 heterocycles. The lowest BCUT2D eigenvalue weighted by molar-refractivity contribution is -0.121. The number of amides is 2. The average molecular weight is 517 g/mol. The number of carbonyl (C=O) groups is 2. The van der Waals surface area contributed by atoms with E-state index in [1.165, 1.54) is 17.8 Å². The van der Waals surface area contributed by atoms with E-state index < -0.39 is 17.2 Å². The van der Waals surface area contributed by atoms with Crippen LogP contribution in [0.2, 0.25) is 0 Å². The zero-order valence-corrected chi connectivity index (χ0v) is 21.2. The van der Waals surface area contributed by atoms with Crippen LogP contribution in [0.4, 0.5) is 10.1 Å². The lowest BCUT2D eigenvalue weighted by atomic mass is 9.98. The maximum absolute atomic E-state index is 14.8. The molecule has 3 aromatic carbocycles. The van der Waals surface area contributed by atoms with Gasteiger partial charge in [-0.05, 0) is 55.0 Å². The van der Waals surface area contributed by atoms with Crippen molar-refractivity contribution in [1.29, 1.82) is 0 Å². The molecule has 9 heteroatoms. The minimum Gasteiger partial charge on any atom is -0.497 e. The lowest BCUT2D eigenvalue weighted by Gasteiger charge is -2.23. The molecule has 2 amide bonds. The number of rotatable bonds is 6. The molecule has 2 aliphatic heterocycles. The van der Waals surface area contributed by atoms with Gasteiger partial charge in [0.05, 0.1) is 18.9 Å². The minimum atomic E-state index is -0.679. The molecule has 0 fully saturated rings. The summed E-state index contributed by atoms with van der Waals surface area (Å²) in [6, 6.07) is 21.0. The fourth-order valence-corrected chi connectivity index (χ4v) is 5.32. The number of thioether (sulfide) groups is 1. The van der Waals surface area contributed by atoms with Gasteiger partial charge in [-0.25, -0.2) is 9.40 Å². The molecule has 0 saturated heterocycles. The van der Waals surface area contributed by atoms with Gasteiger partial charge in [0.15, 0.2) is 5.17 Å². The van der Waals surface area contributed by atoms with Crippen LogP contribution in [0.5, 0.6) is 5.75 Å². The first-order chi connectivity index (χ1) is 17.9. The Bertz CT molecular complexity index is 1390. The molecule has 2 aliphatic rings. The van der Waals surface area contributed by atoms with E-state index in [1.54, 1.807) is 30.3 Å². The Hall–Kier alpha value is -3.98. The van der Waals surface area contributed by atoms with Gasteiger partial charge in [-0.2, -0.15) is 10.1 Å². The topological polar surface area (TPSA) is 83.4 Å². The number of nitrogens with one attached hydrogen (secondary N) is 1. The van der Waals surface area contributed by atoms with Crippen LogP contribution in [0.1, 0.15) is 35.6 Å². The highest BCUT2D eigenvalue weighted by Gasteiger charge is 2.39. The summed E-state index contributed by atoms with van der Waals surface area (Å²) in [6.45, 7) is 1.97. The van der Waals surface area contributed by atoms with Crippen LogP contribution in [0.25, 0.3) is 0 Å². The molecule has 37 heavy (non-hydrogen) atoms. The molecule has 0 spiro atoms. The van der Waals surface area contributed by atoms with Crippen LogP contribution in [0.15, 0.2) is 82.9 Å². The summed E-state index contributed by atoms with van der Waals surface area (Å²) in [5, 5.41) is 8.87. The van der Waals surface area contributed by atoms with Gasteiger partial charge in [0, 0.05) is 24.1 Å². The molecule has 0 aliphatic carbocycles. The fraction of sp³-hybridized carbons (Fsp3) is 0.214. The predicted octanol–water partition coefficient (Wildman–Crippen LogP) is 5.32. The summed E-state index contributed by atoms with van der Waals surface area (Å²) in [6.07, 6.45) is 0.400. The monoisotopic (exact) mass is 516 g/mol. The second-order valence-corrected chi connectivity index (χ2v) is 9.99. The molecule has 188 valence electrons. The van der Waals surface area contributed by atoms with E-state index in [0.717, 1.165) is 22.6 Å². The van der Waals surface area contributed by atoms with Crippen molar-refractivity contribution in [1.82, 2.24) is 5.01 Å². The number of carbonyl (C=O) groups excluding carboxylic acids is 2. The maximum atomic E-state index is 14.8. The van der Waals surface area contributed by atoms with Crippen molar-refractivity contribution >= 4 is 40.1 Å². The van der Waals surface area contributed by atoms with Gasteiger partial charge >= 0.3 is 0 Å². The highest BCUT2D eigenvalue weighted by atomic mass is 32.2. The number of anilines is 1. The fourth-order valence-electron chi connectivity index (χ4n) is 4.25. The SMILES string of the molecule is COc1ccc(C2=NN(C3=NC(=O)[C@@H](CC(=O)Nc4ccc(C)cc4)S3)[C@@H](c3ccccc3F)C2)cc1. The van der Waals surface area contributed by atoms with Gasteiger partial charge in [0.25, 0.3) is 5.91 Å². The Morgan fingerprint density at radius 1 is 1.11 bits per heavy atom. The number of methoxy groups -OCH3 is 1. The third kappa shape index (κ3) is 5.41. The largest absolute Gasteiger partial charge is 0.497 e. The highest BCUT2D eigenvalue weighted by molar-refractivity contribution is 8.15. The number of aliphatic imine (C=N–C) groups is 1. The minimum absolute atomic E-state index is 0.0301. The van der Waals surface area contributed by atoms with Gasteiger partial charge in [-0.3, -0.25) is 9.59 Å². The Labute approximate surface area is 218 Å². The van der Waals surface area contributed by atoms with E-state index >= 15 is 0 Å². The van der Waals surface area contributed by atoms with Gasteiger partial charge < -0.3 is 10.1 Å². The van der Waals surface area contributed by atoms with E-state index in [9.17, 15) is 14.0 Å². The van der Waals surface area contributed by atoms with Crippen molar-refractivity contribution in [2.75, 3.05) is 12.4 Å². The Kier molecular flexibility index (Phi) is 7.05. The average Bonchev–Trinajstić information content (AvgIpc) is 3.49. The second kappa shape index (κ2) is 10.6. The maximum Gasteiger partial charge on any atom is 0.262 e. The molecule has 2 atom stereocenters. The predicted molar refractivity (Wildman–Crippen MR) is 143 cm³/mol. The van der Waals surface area contributed by atoms with Crippen LogP contribution in [0, 0.1) is 12.7 Å². The summed E-state index contributed by atoms with van der Waals surface area (Å²) in [4.78, 5) is 29.6. The van der Waals surface area contributed by atoms with Crippen molar-refractivity contribution in [3.8, 4) is 5.75 Å². The van der Waals surface area contributed by atoms with Crippen molar-refractivity contribution in [3.63, 3.8) is 0 Å². The number of hydrogen-bond donors (Lipinski definition) is 1. The molecule has 0 aromatic heterocycles. The summed E-state index contributed by atoms with van der Waals surface area (Å²) in [7, 11) is 1.60. The van der Waals surface area contributed by atoms with Gasteiger partial charge in [0.2, 0.25) is 5.91 Å². The Morgan fingerprint density at radius 2 is 1.84 bits per heavy atom. The van der Waals surface area contributed by atoms with E-state index in [4.69, 9.17) is 9.84 Å². The smallest absolute Gasteiger partial charge is 0.262 e. The number of benzene rings is 3. The van der Waals surface area contributed by atoms with E-state index in [0.29, 0.717) is 22.8 Å². The van der Waals surface area contributed by atoms with E-state index in [-0.39, 0.29) is 18.1 Å². The van der Waals surface area contributed by atoms with Gasteiger partial charge in [0.1, 0.15) is 16.8 Å². The summed E-state index contributed by atoms with van der Waals surface area (Å²) < 4.78 is 20.1. The number of amidine groups is 1. The zero-order valence-electron chi connectivity index (χ0n) is 20.3. The Morgan fingerprint density at radius 3 is 2.54 bits per heavy atom. The van der Waals surface area contributed by atoms with Gasteiger partial charge in [-0.15, -0.1) is 0 Å². The molecular weight excluding hydrogens is 491 g/mol. The molecule has 3 aromatic rings. The molecule has 5 rings (SSSR count). The summed E-state index contributed by atoms with van der Waals surface area (Å²) in [5.74, 6) is -0.314. The van der Waals surface area contributed by atoms with E-state index in [2.05, 4.69) is 10.3 Å². The third-order valence-electron chi connectivity index (χ3n) is 6.23. The van der Waals surface area contributed by atoms with E-state index in [1.807, 2.05) is 55.5 Å². The van der Waals surface area contributed by atoms with Crippen molar-refractivity contribution in [2.24, 2.45) is 10.1 Å². The van der Waals surface area contributed by atoms with Crippen LogP contribution in [-0.4, -0.2) is 40.1 Å². The number of aryl methyl sites for hydroxylation is 1. The number of nitrogens with zero attached hydrogens (tertiary/aromatic N) is 3. The zero-order chi connectivity index (χ0) is 25.9. The normalized spacial score (nSPS) is 19.0. The second-order valence-electron chi connectivity index (χ2n) is 8.82. The van der Waals surface area contributed by atoms with Crippen LogP contribution >= 0.6 is 11.8 Å². The number of halogens is 1. The van der Waals surface area contributed by atoms with Crippen molar-refractivity contribution < 1.29 is 18.7 Å². The highest BCUT2D eigenvalue weighted by Crippen LogP contribution is 2.39. The summed E-state index contributed by atoms with van der Waals surface area (Å²) >= 11 is 1.18. The molecule has 0 radical (unpaired) electrons. The molecule has 1 N–H and O–H groups in total. The molecule has 7 nitrogen and oxygen atoms in total. The molecule has 0 bridgehead atoms. The number of hydrogen-bond acceptors (Lipinski definition) is 6. The molecule has 0 unspecified atom stereocenters. The standard InChI is InChI=1S/C28H25FN4O3S/c1-17-7-11-19(12-8-17)30-26(34)16-25-27(35)31-28(37-25)33-24(21-5-3-4-6-22(21)29)15-23(32-33)18-9-13-20(36-2)14-10-18/h3-14,24-25H,15-16H2,1-2H3,(H,30,34)/t24-,25-/m1/s1. The van der Waals surface area contributed by atoms with Gasteiger partial charge in [-0.1, -0.05) is 47.7 Å². The number of ether oxygens (including phenoxy) is 1. The van der Waals surface area contributed by atoms with Crippen molar-refractivity contribution in [3.05, 3.63) is 95.3 Å². The van der Waals surface area contributed by atoms with Crippen LogP contribution in [-0.2, 0) is 9.59 Å². The first-order valence-electron chi connectivity index (χ1n) is 11.8. The van der Waals surface area contributed by atoms with Crippen LogP contribution < -0.4 is 10.1 Å². The molecule has 0 saturated carbocycles. The molecular formula is C28H25FN4O3S. The summed E-state index contributed by atoms with van der Waals surface area (Å²) in [5.41, 5.74) is 3.83. The number of hydrazone groups is 1.